The Morgan fingerprint density at radius 2 is 2.38 bits per heavy atom. The Morgan fingerprint density at radius 3 is 2.85 bits per heavy atom. The lowest BCUT2D eigenvalue weighted by Crippen LogP contribution is -2.45. The summed E-state index contributed by atoms with van der Waals surface area (Å²) in [5, 5.41) is 3.23. The van der Waals surface area contributed by atoms with E-state index < -0.39 is 0 Å². The lowest BCUT2D eigenvalue weighted by molar-refractivity contribution is -0.133. The monoisotopic (exact) mass is 184 g/mol. The fourth-order valence-electron chi connectivity index (χ4n) is 1.63. The largest absolute Gasteiger partial charge is 0.342 e. The summed E-state index contributed by atoms with van der Waals surface area (Å²) in [7, 11) is 1.90. The van der Waals surface area contributed by atoms with E-state index in [1.165, 1.54) is 0 Å². The Balaban J connectivity index is 2.45. The van der Waals surface area contributed by atoms with Gasteiger partial charge in [-0.2, -0.15) is 0 Å². The fraction of sp³-hybridized carbons (Fsp3) is 0.900. The van der Waals surface area contributed by atoms with E-state index in [4.69, 9.17) is 0 Å². The van der Waals surface area contributed by atoms with E-state index in [0.29, 0.717) is 6.04 Å². The first kappa shape index (κ1) is 10.5. The number of nitrogens with zero attached hydrogens (tertiary/aromatic N) is 1. The number of amides is 1. The number of hydrogen-bond acceptors (Lipinski definition) is 2. The van der Waals surface area contributed by atoms with Gasteiger partial charge in [-0.15, -0.1) is 0 Å². The smallest absolute Gasteiger partial charge is 0.239 e. The average Bonchev–Trinajstić information content (AvgIpc) is 2.67. The summed E-state index contributed by atoms with van der Waals surface area (Å²) >= 11 is 0. The molecule has 0 bridgehead atoms. The molecule has 1 aliphatic heterocycles. The van der Waals surface area contributed by atoms with Crippen LogP contribution in [0.5, 0.6) is 0 Å². The van der Waals surface area contributed by atoms with Gasteiger partial charge in [0.1, 0.15) is 0 Å². The lowest BCUT2D eigenvalue weighted by Gasteiger charge is -2.26. The van der Waals surface area contributed by atoms with Crippen LogP contribution in [0.25, 0.3) is 0 Å². The molecule has 1 rings (SSSR count). The van der Waals surface area contributed by atoms with Crippen LogP contribution in [0.2, 0.25) is 0 Å². The van der Waals surface area contributed by atoms with Gasteiger partial charge in [0.15, 0.2) is 0 Å². The van der Waals surface area contributed by atoms with Crippen molar-refractivity contribution in [2.24, 2.45) is 0 Å². The molecule has 1 fully saturated rings. The van der Waals surface area contributed by atoms with Crippen molar-refractivity contribution >= 4 is 5.91 Å². The van der Waals surface area contributed by atoms with Gasteiger partial charge in [-0.25, -0.2) is 0 Å². The number of hydrogen-bond donors (Lipinski definition) is 1. The highest BCUT2D eigenvalue weighted by Crippen LogP contribution is 2.10. The Bertz CT molecular complexity index is 176. The normalized spacial score (nSPS) is 24.4. The van der Waals surface area contributed by atoms with E-state index >= 15 is 0 Å². The van der Waals surface area contributed by atoms with Gasteiger partial charge < -0.3 is 10.2 Å². The van der Waals surface area contributed by atoms with E-state index in [0.717, 1.165) is 25.8 Å². The molecule has 3 nitrogen and oxygen atoms in total. The summed E-state index contributed by atoms with van der Waals surface area (Å²) in [6, 6.07) is 0.439. The standard InChI is InChI=1S/C10H20N2O/c1-4-8(2)12(3)10(13)9-6-5-7-11-9/h8-9,11H,4-7H2,1-3H3. The molecule has 1 saturated heterocycles. The lowest BCUT2D eigenvalue weighted by atomic mass is 10.1. The molecule has 0 aromatic heterocycles. The number of nitrogens with one attached hydrogen (secondary N) is 1. The molecule has 0 aromatic carbocycles. The molecule has 1 amide bonds. The van der Waals surface area contributed by atoms with Crippen molar-refractivity contribution in [1.82, 2.24) is 10.2 Å². The molecule has 0 saturated carbocycles. The summed E-state index contributed by atoms with van der Waals surface area (Å²) in [4.78, 5) is 13.7. The van der Waals surface area contributed by atoms with E-state index in [9.17, 15) is 4.79 Å². The van der Waals surface area contributed by atoms with Crippen LogP contribution >= 0.6 is 0 Å². The van der Waals surface area contributed by atoms with Crippen molar-refractivity contribution < 1.29 is 4.79 Å². The Labute approximate surface area is 80.5 Å². The van der Waals surface area contributed by atoms with E-state index in [-0.39, 0.29) is 11.9 Å². The van der Waals surface area contributed by atoms with Crippen LogP contribution in [-0.2, 0) is 4.79 Å². The molecule has 2 atom stereocenters. The molecule has 0 radical (unpaired) electrons. The molecule has 0 aromatic rings. The predicted molar refractivity (Wildman–Crippen MR) is 53.5 cm³/mol. The van der Waals surface area contributed by atoms with Crippen LogP contribution < -0.4 is 5.32 Å². The van der Waals surface area contributed by atoms with Crippen molar-refractivity contribution in [1.29, 1.82) is 0 Å². The second-order valence-electron chi connectivity index (χ2n) is 3.86. The van der Waals surface area contributed by atoms with Gasteiger partial charge in [-0.3, -0.25) is 4.79 Å². The molecular formula is C10H20N2O. The Kier molecular flexibility index (Phi) is 3.72. The van der Waals surface area contributed by atoms with Crippen LogP contribution in [0.3, 0.4) is 0 Å². The maximum absolute atomic E-state index is 11.8. The highest BCUT2D eigenvalue weighted by atomic mass is 16.2. The minimum absolute atomic E-state index is 0.0824. The summed E-state index contributed by atoms with van der Waals surface area (Å²) in [6.07, 6.45) is 3.15. The molecule has 1 N–H and O–H groups in total. The van der Waals surface area contributed by atoms with Crippen LogP contribution in [-0.4, -0.2) is 36.5 Å². The predicted octanol–water partition coefficient (Wildman–Crippen LogP) is 0.995. The third-order valence-corrected chi connectivity index (χ3v) is 2.96. The quantitative estimate of drug-likeness (QED) is 0.709. The summed E-state index contributed by atoms with van der Waals surface area (Å²) in [6.45, 7) is 5.19. The molecule has 0 aliphatic carbocycles. The zero-order valence-electron chi connectivity index (χ0n) is 8.84. The van der Waals surface area contributed by atoms with Gasteiger partial charge in [0.25, 0.3) is 0 Å². The topological polar surface area (TPSA) is 32.3 Å². The SMILES string of the molecule is CCC(C)N(C)C(=O)C1CCCN1. The zero-order chi connectivity index (χ0) is 9.84. The number of likely N-dealkylation sites (N-methyl/N-ethyl adjacent to an activating group) is 1. The third kappa shape index (κ3) is 2.44. The molecule has 3 heteroatoms. The van der Waals surface area contributed by atoms with E-state index in [1.54, 1.807) is 0 Å². The fourth-order valence-corrected chi connectivity index (χ4v) is 1.63. The molecule has 13 heavy (non-hydrogen) atoms. The second kappa shape index (κ2) is 4.61. The zero-order valence-corrected chi connectivity index (χ0v) is 8.84. The van der Waals surface area contributed by atoms with Crippen molar-refractivity contribution in [2.75, 3.05) is 13.6 Å². The highest BCUT2D eigenvalue weighted by molar-refractivity contribution is 5.82. The number of carbonyl (C=O) groups is 1. The molecule has 0 spiro atoms. The van der Waals surface area contributed by atoms with Gasteiger partial charge in [0.2, 0.25) is 5.91 Å². The van der Waals surface area contributed by atoms with Crippen molar-refractivity contribution in [3.63, 3.8) is 0 Å². The summed E-state index contributed by atoms with van der Waals surface area (Å²) in [5.74, 6) is 0.256. The summed E-state index contributed by atoms with van der Waals surface area (Å²) < 4.78 is 0. The molecule has 2 unspecified atom stereocenters. The Hall–Kier alpha value is -0.570. The second-order valence-corrected chi connectivity index (χ2v) is 3.86. The van der Waals surface area contributed by atoms with Crippen LogP contribution in [0, 0.1) is 0 Å². The van der Waals surface area contributed by atoms with Gasteiger partial charge >= 0.3 is 0 Å². The van der Waals surface area contributed by atoms with E-state index in [1.807, 2.05) is 11.9 Å². The van der Waals surface area contributed by atoms with Gasteiger partial charge in [-0.1, -0.05) is 6.92 Å². The first-order valence-electron chi connectivity index (χ1n) is 5.17. The first-order valence-corrected chi connectivity index (χ1v) is 5.17. The van der Waals surface area contributed by atoms with Crippen molar-refractivity contribution in [3.8, 4) is 0 Å². The van der Waals surface area contributed by atoms with Gasteiger partial charge in [0, 0.05) is 13.1 Å². The van der Waals surface area contributed by atoms with Gasteiger partial charge in [0.05, 0.1) is 6.04 Å². The van der Waals surface area contributed by atoms with Crippen LogP contribution in [0.1, 0.15) is 33.1 Å². The maximum Gasteiger partial charge on any atom is 0.239 e. The first-order chi connectivity index (χ1) is 6.16. The van der Waals surface area contributed by atoms with Gasteiger partial charge in [-0.05, 0) is 32.7 Å². The van der Waals surface area contributed by atoms with Crippen molar-refractivity contribution in [3.05, 3.63) is 0 Å². The molecule has 76 valence electrons. The molecular weight excluding hydrogens is 164 g/mol. The molecule has 1 heterocycles. The summed E-state index contributed by atoms with van der Waals surface area (Å²) in [5.41, 5.74) is 0. The maximum atomic E-state index is 11.8. The van der Waals surface area contributed by atoms with Crippen LogP contribution in [0.4, 0.5) is 0 Å². The van der Waals surface area contributed by atoms with E-state index in [2.05, 4.69) is 19.2 Å². The molecule has 1 aliphatic rings. The van der Waals surface area contributed by atoms with Crippen LogP contribution in [0.15, 0.2) is 0 Å². The highest BCUT2D eigenvalue weighted by Gasteiger charge is 2.26. The van der Waals surface area contributed by atoms with Crippen molar-refractivity contribution in [2.45, 2.75) is 45.2 Å². The minimum Gasteiger partial charge on any atom is -0.342 e. The Morgan fingerprint density at radius 1 is 1.69 bits per heavy atom. The third-order valence-electron chi connectivity index (χ3n) is 2.96. The minimum atomic E-state index is 0.0824. The number of carbonyl (C=O) groups excluding carboxylic acids is 1. The number of rotatable bonds is 3. The average molecular weight is 184 g/mol.